The highest BCUT2D eigenvalue weighted by Crippen LogP contribution is 2.16. The van der Waals surface area contributed by atoms with Crippen LogP contribution in [-0.4, -0.2) is 29.8 Å². The van der Waals surface area contributed by atoms with E-state index in [0.29, 0.717) is 37.0 Å². The van der Waals surface area contributed by atoms with Crippen molar-refractivity contribution in [2.24, 2.45) is 5.92 Å². The van der Waals surface area contributed by atoms with Gasteiger partial charge in [0.15, 0.2) is 0 Å². The molecule has 0 unspecified atom stereocenters. The molecule has 2 amide bonds. The van der Waals surface area contributed by atoms with Gasteiger partial charge in [0.1, 0.15) is 0 Å². The predicted molar refractivity (Wildman–Crippen MR) is 85.0 cm³/mol. The van der Waals surface area contributed by atoms with Crippen LogP contribution in [-0.2, 0) is 16.1 Å². The minimum atomic E-state index is -0.0342. The number of benzene rings is 1. The van der Waals surface area contributed by atoms with Crippen LogP contribution in [0.4, 0.5) is 0 Å². The fourth-order valence-electron chi connectivity index (χ4n) is 1.95. The molecule has 0 spiro atoms. The van der Waals surface area contributed by atoms with Crippen LogP contribution >= 0.6 is 11.6 Å². The van der Waals surface area contributed by atoms with Crippen LogP contribution in [0.25, 0.3) is 0 Å². The summed E-state index contributed by atoms with van der Waals surface area (Å²) in [7, 11) is 0. The summed E-state index contributed by atoms with van der Waals surface area (Å²) in [4.78, 5) is 24.9. The first kappa shape index (κ1) is 17.5. The van der Waals surface area contributed by atoms with E-state index in [2.05, 4.69) is 5.32 Å². The maximum atomic E-state index is 11.7. The second-order valence-electron chi connectivity index (χ2n) is 5.48. The van der Waals surface area contributed by atoms with Gasteiger partial charge in [0.05, 0.1) is 0 Å². The molecule has 0 atom stereocenters. The molecule has 5 heteroatoms. The number of hydrogen-bond donors (Lipinski definition) is 1. The Morgan fingerprint density at radius 1 is 1.29 bits per heavy atom. The molecule has 0 aliphatic carbocycles. The summed E-state index contributed by atoms with van der Waals surface area (Å²) in [5.74, 6) is 0.316. The van der Waals surface area contributed by atoms with Crippen molar-refractivity contribution in [2.75, 3.05) is 13.1 Å². The second-order valence-corrected chi connectivity index (χ2v) is 5.89. The molecule has 1 aromatic carbocycles. The highest BCUT2D eigenvalue weighted by Gasteiger charge is 2.12. The highest BCUT2D eigenvalue weighted by molar-refractivity contribution is 6.31. The van der Waals surface area contributed by atoms with Gasteiger partial charge in [0, 0.05) is 38.0 Å². The zero-order valence-electron chi connectivity index (χ0n) is 12.9. The van der Waals surface area contributed by atoms with Crippen molar-refractivity contribution in [3.05, 3.63) is 34.9 Å². The normalized spacial score (nSPS) is 10.5. The third-order valence-electron chi connectivity index (χ3n) is 3.06. The van der Waals surface area contributed by atoms with E-state index in [1.807, 2.05) is 32.0 Å². The summed E-state index contributed by atoms with van der Waals surface area (Å²) in [6.07, 6.45) is 0.505. The van der Waals surface area contributed by atoms with Gasteiger partial charge in [-0.25, -0.2) is 0 Å². The number of nitrogens with one attached hydrogen (secondary N) is 1. The zero-order valence-corrected chi connectivity index (χ0v) is 13.6. The van der Waals surface area contributed by atoms with E-state index in [9.17, 15) is 9.59 Å². The molecule has 1 rings (SSSR count). The molecule has 1 N–H and O–H groups in total. The number of nitrogens with zero attached hydrogens (tertiary/aromatic N) is 1. The molecule has 0 radical (unpaired) electrons. The van der Waals surface area contributed by atoms with Crippen LogP contribution in [0.1, 0.15) is 32.8 Å². The Balaban J connectivity index is 2.50. The number of amides is 2. The lowest BCUT2D eigenvalue weighted by Gasteiger charge is -2.22. The maximum absolute atomic E-state index is 11.7. The molecule has 0 aliphatic heterocycles. The summed E-state index contributed by atoms with van der Waals surface area (Å²) in [5, 5.41) is 3.48. The first-order valence-corrected chi connectivity index (χ1v) is 7.53. The standard InChI is InChI=1S/C16H23ClN2O2/c1-12(2)10-16(21)18-8-9-19(13(3)20)11-14-6-4-5-7-15(14)17/h4-7,12H,8-11H2,1-3H3,(H,18,21). The molecular weight excluding hydrogens is 288 g/mol. The quantitative estimate of drug-likeness (QED) is 0.842. The fraction of sp³-hybridized carbons (Fsp3) is 0.500. The van der Waals surface area contributed by atoms with E-state index in [4.69, 9.17) is 11.6 Å². The van der Waals surface area contributed by atoms with Crippen molar-refractivity contribution in [3.8, 4) is 0 Å². The highest BCUT2D eigenvalue weighted by atomic mass is 35.5. The summed E-state index contributed by atoms with van der Waals surface area (Å²) in [5.41, 5.74) is 0.905. The Hall–Kier alpha value is -1.55. The Bertz CT molecular complexity index is 489. The summed E-state index contributed by atoms with van der Waals surface area (Å²) in [6.45, 7) is 6.90. The van der Waals surface area contributed by atoms with Crippen LogP contribution in [0.3, 0.4) is 0 Å². The molecule has 0 heterocycles. The van der Waals surface area contributed by atoms with Crippen molar-refractivity contribution in [1.82, 2.24) is 10.2 Å². The van der Waals surface area contributed by atoms with Crippen LogP contribution < -0.4 is 5.32 Å². The third-order valence-corrected chi connectivity index (χ3v) is 3.43. The smallest absolute Gasteiger partial charge is 0.220 e. The van der Waals surface area contributed by atoms with E-state index >= 15 is 0 Å². The molecule has 0 saturated heterocycles. The Labute approximate surface area is 131 Å². The lowest BCUT2D eigenvalue weighted by atomic mass is 10.1. The van der Waals surface area contributed by atoms with Gasteiger partial charge in [-0.3, -0.25) is 9.59 Å². The molecule has 0 fully saturated rings. The number of halogens is 1. The Morgan fingerprint density at radius 2 is 1.95 bits per heavy atom. The predicted octanol–water partition coefficient (Wildman–Crippen LogP) is 2.85. The van der Waals surface area contributed by atoms with Crippen molar-refractivity contribution in [2.45, 2.75) is 33.7 Å². The summed E-state index contributed by atoms with van der Waals surface area (Å²) < 4.78 is 0. The number of hydrogen-bond acceptors (Lipinski definition) is 2. The summed E-state index contributed by atoms with van der Waals surface area (Å²) >= 11 is 6.11. The molecule has 0 aliphatic rings. The minimum absolute atomic E-state index is 0.0197. The average Bonchev–Trinajstić information content (AvgIpc) is 2.38. The number of carbonyl (C=O) groups is 2. The van der Waals surface area contributed by atoms with E-state index in [-0.39, 0.29) is 11.8 Å². The van der Waals surface area contributed by atoms with Gasteiger partial charge in [0.2, 0.25) is 11.8 Å². The monoisotopic (exact) mass is 310 g/mol. The van der Waals surface area contributed by atoms with Crippen molar-refractivity contribution >= 4 is 23.4 Å². The van der Waals surface area contributed by atoms with E-state index in [1.165, 1.54) is 6.92 Å². The molecule has 4 nitrogen and oxygen atoms in total. The van der Waals surface area contributed by atoms with E-state index in [0.717, 1.165) is 5.56 Å². The van der Waals surface area contributed by atoms with Gasteiger partial charge in [-0.05, 0) is 17.5 Å². The second kappa shape index (κ2) is 8.67. The fourth-order valence-corrected chi connectivity index (χ4v) is 2.15. The number of carbonyl (C=O) groups excluding carboxylic acids is 2. The van der Waals surface area contributed by atoms with E-state index < -0.39 is 0 Å². The first-order valence-electron chi connectivity index (χ1n) is 7.15. The average molecular weight is 311 g/mol. The SMILES string of the molecule is CC(=O)N(CCNC(=O)CC(C)C)Cc1ccccc1Cl. The molecule has 0 saturated carbocycles. The van der Waals surface area contributed by atoms with Crippen LogP contribution in [0, 0.1) is 5.92 Å². The molecule has 0 aromatic heterocycles. The maximum Gasteiger partial charge on any atom is 0.220 e. The van der Waals surface area contributed by atoms with E-state index in [1.54, 1.807) is 11.0 Å². The molecule has 116 valence electrons. The largest absolute Gasteiger partial charge is 0.354 e. The van der Waals surface area contributed by atoms with Gasteiger partial charge in [-0.15, -0.1) is 0 Å². The lowest BCUT2D eigenvalue weighted by Crippen LogP contribution is -2.37. The topological polar surface area (TPSA) is 49.4 Å². The number of rotatable bonds is 7. The van der Waals surface area contributed by atoms with Crippen LogP contribution in [0.15, 0.2) is 24.3 Å². The first-order chi connectivity index (χ1) is 9.90. The Kier molecular flexibility index (Phi) is 7.23. The molecule has 21 heavy (non-hydrogen) atoms. The lowest BCUT2D eigenvalue weighted by molar-refractivity contribution is -0.130. The van der Waals surface area contributed by atoms with Crippen LogP contribution in [0.2, 0.25) is 5.02 Å². The Morgan fingerprint density at radius 3 is 2.52 bits per heavy atom. The summed E-state index contributed by atoms with van der Waals surface area (Å²) in [6, 6.07) is 7.45. The molecule has 1 aromatic rings. The minimum Gasteiger partial charge on any atom is -0.354 e. The van der Waals surface area contributed by atoms with Gasteiger partial charge in [-0.2, -0.15) is 0 Å². The third kappa shape index (κ3) is 6.63. The van der Waals surface area contributed by atoms with Crippen molar-refractivity contribution in [3.63, 3.8) is 0 Å². The van der Waals surface area contributed by atoms with Crippen molar-refractivity contribution < 1.29 is 9.59 Å². The van der Waals surface area contributed by atoms with Crippen molar-refractivity contribution in [1.29, 1.82) is 0 Å². The molecular formula is C16H23ClN2O2. The van der Waals surface area contributed by atoms with Gasteiger partial charge >= 0.3 is 0 Å². The zero-order chi connectivity index (χ0) is 15.8. The van der Waals surface area contributed by atoms with Gasteiger partial charge < -0.3 is 10.2 Å². The van der Waals surface area contributed by atoms with Gasteiger partial charge in [-0.1, -0.05) is 43.6 Å². The molecule has 0 bridgehead atoms. The van der Waals surface area contributed by atoms with Gasteiger partial charge in [0.25, 0.3) is 0 Å². The van der Waals surface area contributed by atoms with Crippen LogP contribution in [0.5, 0.6) is 0 Å².